The first-order chi connectivity index (χ1) is 14.2. The maximum atomic E-state index is 13.2. The number of hydrogen-bond acceptors (Lipinski definition) is 4. The van der Waals surface area contributed by atoms with Crippen LogP contribution in [0.4, 0.5) is 0 Å². The highest BCUT2D eigenvalue weighted by atomic mass is 16.5. The number of carbonyl (C=O) groups excluding carboxylic acids is 1. The number of rotatable bonds is 5. The van der Waals surface area contributed by atoms with Crippen molar-refractivity contribution < 1.29 is 9.53 Å². The molecule has 0 bridgehead atoms. The van der Waals surface area contributed by atoms with Gasteiger partial charge in [0.25, 0.3) is 5.91 Å². The van der Waals surface area contributed by atoms with Gasteiger partial charge in [-0.1, -0.05) is 30.3 Å². The number of carbonyl (C=O) groups is 1. The van der Waals surface area contributed by atoms with Crippen LogP contribution in [0.2, 0.25) is 0 Å². The van der Waals surface area contributed by atoms with Crippen molar-refractivity contribution in [1.29, 1.82) is 0 Å². The van der Waals surface area contributed by atoms with Gasteiger partial charge in [-0.2, -0.15) is 0 Å². The summed E-state index contributed by atoms with van der Waals surface area (Å²) in [6.45, 7) is 2.91. The van der Waals surface area contributed by atoms with Crippen LogP contribution in [0.1, 0.15) is 27.5 Å². The average molecular weight is 387 g/mol. The molecule has 2 heterocycles. The van der Waals surface area contributed by atoms with Crippen LogP contribution in [-0.2, 0) is 6.61 Å². The molecule has 0 saturated carbocycles. The van der Waals surface area contributed by atoms with Gasteiger partial charge in [-0.05, 0) is 54.6 Å². The molecule has 148 valence electrons. The second-order valence-corrected chi connectivity index (χ2v) is 7.36. The fourth-order valence-corrected chi connectivity index (χ4v) is 3.63. The molecule has 4 rings (SSSR count). The number of benzene rings is 2. The van der Waals surface area contributed by atoms with E-state index in [1.165, 1.54) is 5.56 Å². The van der Waals surface area contributed by atoms with Gasteiger partial charge in [-0.15, -0.1) is 0 Å². The Morgan fingerprint density at radius 3 is 2.45 bits per heavy atom. The minimum absolute atomic E-state index is 0.0602. The fourth-order valence-electron chi connectivity index (χ4n) is 3.63. The lowest BCUT2D eigenvalue weighted by Gasteiger charge is -2.40. The molecule has 5 nitrogen and oxygen atoms in total. The van der Waals surface area contributed by atoms with Crippen LogP contribution in [-0.4, -0.2) is 47.4 Å². The molecule has 1 aliphatic heterocycles. The number of hydrogen-bond donors (Lipinski definition) is 0. The molecule has 5 heteroatoms. The quantitative estimate of drug-likeness (QED) is 0.668. The van der Waals surface area contributed by atoms with Crippen LogP contribution in [0, 0.1) is 0 Å². The third-order valence-electron chi connectivity index (χ3n) is 5.28. The Hall–Kier alpha value is -3.18. The van der Waals surface area contributed by atoms with Crippen LogP contribution >= 0.6 is 0 Å². The monoisotopic (exact) mass is 387 g/mol. The molecule has 0 aliphatic carbocycles. The SMILES string of the molecule is CN1CCN(C(=O)c2ccc(OCc3ccncc3)cc2)[C@@H](c2ccccc2)C1. The zero-order valence-corrected chi connectivity index (χ0v) is 16.6. The molecular formula is C24H25N3O2. The van der Waals surface area contributed by atoms with E-state index in [0.29, 0.717) is 12.2 Å². The van der Waals surface area contributed by atoms with Crippen molar-refractivity contribution in [2.24, 2.45) is 0 Å². The molecule has 1 aromatic heterocycles. The van der Waals surface area contributed by atoms with E-state index >= 15 is 0 Å². The Morgan fingerprint density at radius 1 is 1.00 bits per heavy atom. The van der Waals surface area contributed by atoms with E-state index < -0.39 is 0 Å². The molecule has 0 spiro atoms. The predicted octanol–water partition coefficient (Wildman–Crippen LogP) is 3.79. The molecule has 0 N–H and O–H groups in total. The van der Waals surface area contributed by atoms with Crippen LogP contribution in [0.5, 0.6) is 5.75 Å². The lowest BCUT2D eigenvalue weighted by Crippen LogP contribution is -2.49. The molecule has 1 amide bonds. The van der Waals surface area contributed by atoms with Gasteiger partial charge in [0.05, 0.1) is 6.04 Å². The van der Waals surface area contributed by atoms with E-state index in [4.69, 9.17) is 4.74 Å². The maximum absolute atomic E-state index is 13.2. The smallest absolute Gasteiger partial charge is 0.254 e. The van der Waals surface area contributed by atoms with Crippen LogP contribution < -0.4 is 4.74 Å². The largest absolute Gasteiger partial charge is 0.489 e. The molecule has 2 aromatic carbocycles. The third-order valence-corrected chi connectivity index (χ3v) is 5.28. The first kappa shape index (κ1) is 19.2. The number of ether oxygens (including phenoxy) is 1. The third kappa shape index (κ3) is 4.63. The van der Waals surface area contributed by atoms with Gasteiger partial charge < -0.3 is 14.5 Å². The number of nitrogens with zero attached hydrogens (tertiary/aromatic N) is 3. The molecule has 3 aromatic rings. The van der Waals surface area contributed by atoms with Crippen molar-refractivity contribution in [2.45, 2.75) is 12.6 Å². The number of pyridine rings is 1. The summed E-state index contributed by atoms with van der Waals surface area (Å²) in [5.74, 6) is 0.809. The van der Waals surface area contributed by atoms with E-state index in [9.17, 15) is 4.79 Å². The second kappa shape index (κ2) is 8.88. The standard InChI is InChI=1S/C24H25N3O2/c1-26-15-16-27(23(17-26)20-5-3-2-4-6-20)24(28)21-7-9-22(10-8-21)29-18-19-11-13-25-14-12-19/h2-14,23H,15-18H2,1H3/t23-/m1/s1. The van der Waals surface area contributed by atoms with Crippen molar-refractivity contribution in [3.63, 3.8) is 0 Å². The summed E-state index contributed by atoms with van der Waals surface area (Å²) >= 11 is 0. The number of likely N-dealkylation sites (N-methyl/N-ethyl adjacent to an activating group) is 1. The van der Waals surface area contributed by atoms with E-state index in [2.05, 4.69) is 29.1 Å². The lowest BCUT2D eigenvalue weighted by atomic mass is 10.0. The summed E-state index contributed by atoms with van der Waals surface area (Å²) in [7, 11) is 2.10. The van der Waals surface area contributed by atoms with Gasteiger partial charge in [-0.3, -0.25) is 9.78 Å². The van der Waals surface area contributed by atoms with Crippen molar-refractivity contribution in [2.75, 3.05) is 26.7 Å². The van der Waals surface area contributed by atoms with Gasteiger partial charge in [0.15, 0.2) is 0 Å². The highest BCUT2D eigenvalue weighted by molar-refractivity contribution is 5.94. The number of piperazine rings is 1. The van der Waals surface area contributed by atoms with E-state index in [0.717, 1.165) is 30.9 Å². The molecule has 1 saturated heterocycles. The van der Waals surface area contributed by atoms with Gasteiger partial charge in [-0.25, -0.2) is 0 Å². The van der Waals surface area contributed by atoms with E-state index in [1.54, 1.807) is 12.4 Å². The van der Waals surface area contributed by atoms with Crippen LogP contribution in [0.25, 0.3) is 0 Å². The maximum Gasteiger partial charge on any atom is 0.254 e. The van der Waals surface area contributed by atoms with Crippen molar-refractivity contribution in [3.8, 4) is 5.75 Å². The Kier molecular flexibility index (Phi) is 5.86. The number of aromatic nitrogens is 1. The van der Waals surface area contributed by atoms with Gasteiger partial charge >= 0.3 is 0 Å². The minimum atomic E-state index is 0.0602. The number of amides is 1. The highest BCUT2D eigenvalue weighted by Gasteiger charge is 2.30. The summed E-state index contributed by atoms with van der Waals surface area (Å²) in [5, 5.41) is 0. The molecule has 1 aliphatic rings. The van der Waals surface area contributed by atoms with Crippen molar-refractivity contribution >= 4 is 5.91 Å². The molecule has 1 fully saturated rings. The van der Waals surface area contributed by atoms with Crippen molar-refractivity contribution in [3.05, 3.63) is 95.8 Å². The van der Waals surface area contributed by atoms with Crippen LogP contribution in [0.3, 0.4) is 0 Å². The molecule has 1 atom stereocenters. The van der Waals surface area contributed by atoms with E-state index in [-0.39, 0.29) is 11.9 Å². The average Bonchev–Trinajstić information content (AvgIpc) is 2.79. The van der Waals surface area contributed by atoms with Gasteiger partial charge in [0.2, 0.25) is 0 Å². The van der Waals surface area contributed by atoms with Gasteiger partial charge in [0, 0.05) is 37.6 Å². The molecular weight excluding hydrogens is 362 g/mol. The predicted molar refractivity (Wildman–Crippen MR) is 113 cm³/mol. The Bertz CT molecular complexity index is 929. The minimum Gasteiger partial charge on any atom is -0.489 e. The molecule has 0 unspecified atom stereocenters. The molecule has 0 radical (unpaired) electrons. The van der Waals surface area contributed by atoms with Crippen LogP contribution in [0.15, 0.2) is 79.1 Å². The normalized spacial score (nSPS) is 17.1. The second-order valence-electron chi connectivity index (χ2n) is 7.36. The fraction of sp³-hybridized carbons (Fsp3) is 0.250. The first-order valence-electron chi connectivity index (χ1n) is 9.87. The summed E-state index contributed by atoms with van der Waals surface area (Å²) < 4.78 is 5.82. The van der Waals surface area contributed by atoms with Crippen molar-refractivity contribution in [1.82, 2.24) is 14.8 Å². The first-order valence-corrected chi connectivity index (χ1v) is 9.87. The summed E-state index contributed by atoms with van der Waals surface area (Å²) in [5.41, 5.74) is 2.92. The van der Waals surface area contributed by atoms with Gasteiger partial charge in [0.1, 0.15) is 12.4 Å². The zero-order chi connectivity index (χ0) is 20.1. The zero-order valence-electron chi connectivity index (χ0n) is 16.6. The lowest BCUT2D eigenvalue weighted by molar-refractivity contribution is 0.0498. The highest BCUT2D eigenvalue weighted by Crippen LogP contribution is 2.27. The Balaban J connectivity index is 1.46. The Morgan fingerprint density at radius 2 is 1.72 bits per heavy atom. The summed E-state index contributed by atoms with van der Waals surface area (Å²) in [4.78, 5) is 21.5. The Labute approximate surface area is 171 Å². The molecule has 29 heavy (non-hydrogen) atoms. The summed E-state index contributed by atoms with van der Waals surface area (Å²) in [6, 6.07) is 21.6. The van der Waals surface area contributed by atoms with E-state index in [1.807, 2.05) is 59.5 Å². The summed E-state index contributed by atoms with van der Waals surface area (Å²) in [6.07, 6.45) is 3.50. The topological polar surface area (TPSA) is 45.7 Å².